The highest BCUT2D eigenvalue weighted by molar-refractivity contribution is 5.80. The smallest absolute Gasteiger partial charge is 0.252 e. The van der Waals surface area contributed by atoms with E-state index in [2.05, 4.69) is 64.2 Å². The van der Waals surface area contributed by atoms with Crippen LogP contribution in [0.4, 0.5) is 0 Å². The van der Waals surface area contributed by atoms with E-state index in [0.717, 1.165) is 27.9 Å². The molecule has 1 unspecified atom stereocenters. The van der Waals surface area contributed by atoms with Gasteiger partial charge >= 0.3 is 0 Å². The third kappa shape index (κ3) is 5.63. The number of methoxy groups -OCH3 is 1. The zero-order chi connectivity index (χ0) is 24.9. The molecule has 35 heavy (non-hydrogen) atoms. The number of ether oxygens (including phenoxy) is 1. The van der Waals surface area contributed by atoms with Crippen molar-refractivity contribution in [1.82, 2.24) is 35.1 Å². The summed E-state index contributed by atoms with van der Waals surface area (Å²) in [6.45, 7) is 10.5. The molecular formula is C26H33N7O2. The molecule has 1 aromatic carbocycles. The van der Waals surface area contributed by atoms with Crippen molar-refractivity contribution >= 4 is 10.9 Å². The Kier molecular flexibility index (Phi) is 7.67. The molecule has 1 N–H and O–H groups in total. The summed E-state index contributed by atoms with van der Waals surface area (Å²) in [5.41, 5.74) is 4.87. The molecule has 0 aliphatic heterocycles. The molecule has 0 saturated heterocycles. The Balaban J connectivity index is 1.76. The first-order valence-electron chi connectivity index (χ1n) is 11.9. The maximum atomic E-state index is 13.1. The Morgan fingerprint density at radius 1 is 1.14 bits per heavy atom. The van der Waals surface area contributed by atoms with E-state index in [1.165, 1.54) is 5.56 Å². The molecule has 3 aromatic heterocycles. The number of pyridine rings is 2. The van der Waals surface area contributed by atoms with Crippen molar-refractivity contribution in [3.05, 3.63) is 81.2 Å². The minimum absolute atomic E-state index is 0.0848. The summed E-state index contributed by atoms with van der Waals surface area (Å²) in [5.74, 6) is 0.938. The van der Waals surface area contributed by atoms with Crippen LogP contribution in [0.2, 0.25) is 0 Å². The van der Waals surface area contributed by atoms with Gasteiger partial charge in [-0.1, -0.05) is 19.9 Å². The topological polar surface area (TPSA) is 102 Å². The summed E-state index contributed by atoms with van der Waals surface area (Å²) < 4.78 is 7.05. The molecule has 4 aromatic rings. The number of nitrogens with zero attached hydrogens (tertiary/aromatic N) is 6. The van der Waals surface area contributed by atoms with Gasteiger partial charge in [0.05, 0.1) is 19.2 Å². The monoisotopic (exact) mass is 475 g/mol. The van der Waals surface area contributed by atoms with E-state index < -0.39 is 0 Å². The highest BCUT2D eigenvalue weighted by atomic mass is 16.5. The van der Waals surface area contributed by atoms with Crippen molar-refractivity contribution in [3.8, 4) is 0 Å². The number of rotatable bonds is 10. The van der Waals surface area contributed by atoms with Crippen LogP contribution in [0.1, 0.15) is 48.0 Å². The lowest BCUT2D eigenvalue weighted by atomic mass is 9.99. The molecule has 0 spiro atoms. The molecule has 9 nitrogen and oxygen atoms in total. The molecular weight excluding hydrogens is 442 g/mol. The van der Waals surface area contributed by atoms with Gasteiger partial charge in [0.2, 0.25) is 0 Å². The highest BCUT2D eigenvalue weighted by Crippen LogP contribution is 2.30. The van der Waals surface area contributed by atoms with Gasteiger partial charge in [-0.25, -0.2) is 4.68 Å². The zero-order valence-corrected chi connectivity index (χ0v) is 21.0. The fourth-order valence-electron chi connectivity index (χ4n) is 4.48. The molecule has 1 atom stereocenters. The minimum Gasteiger partial charge on any atom is -0.383 e. The predicted octanol–water partition coefficient (Wildman–Crippen LogP) is 3.57. The van der Waals surface area contributed by atoms with E-state index in [9.17, 15) is 4.79 Å². The Hall–Kier alpha value is -3.43. The quantitative estimate of drug-likeness (QED) is 0.374. The van der Waals surface area contributed by atoms with Gasteiger partial charge < -0.3 is 9.72 Å². The van der Waals surface area contributed by atoms with Gasteiger partial charge in [0.25, 0.3) is 5.56 Å². The number of hydrogen-bond donors (Lipinski definition) is 1. The van der Waals surface area contributed by atoms with Crippen molar-refractivity contribution < 1.29 is 4.74 Å². The molecule has 0 aliphatic rings. The number of fused-ring (bicyclic) bond motifs is 1. The van der Waals surface area contributed by atoms with Gasteiger partial charge in [0.1, 0.15) is 0 Å². The normalized spacial score (nSPS) is 12.7. The summed E-state index contributed by atoms with van der Waals surface area (Å²) in [7, 11) is 1.66. The molecule has 9 heteroatoms. The molecule has 0 fully saturated rings. The van der Waals surface area contributed by atoms with Crippen molar-refractivity contribution in [3.63, 3.8) is 0 Å². The molecule has 0 saturated carbocycles. The van der Waals surface area contributed by atoms with Crippen LogP contribution in [0.3, 0.4) is 0 Å². The SMILES string of the molecule is COCCn1nnnc1C(C(C)C)N(Cc1cccnc1)Cc1cc2cc(C)c(C)cc2[nH]c1=O. The fraction of sp³-hybridized carbons (Fsp3) is 0.423. The summed E-state index contributed by atoms with van der Waals surface area (Å²) in [4.78, 5) is 22.8. The van der Waals surface area contributed by atoms with Crippen LogP contribution in [0, 0.1) is 19.8 Å². The Bertz CT molecular complexity index is 1330. The van der Waals surface area contributed by atoms with Gasteiger partial charge in [-0.3, -0.25) is 14.7 Å². The van der Waals surface area contributed by atoms with Crippen LogP contribution in [-0.4, -0.2) is 48.8 Å². The van der Waals surface area contributed by atoms with E-state index in [1.807, 2.05) is 30.5 Å². The Morgan fingerprint density at radius 3 is 2.66 bits per heavy atom. The standard InChI is InChI=1S/C26H33N7O2/c1-17(2)24(25-29-30-31-33(25)9-10-35-5)32(15-20-7-6-8-27-14-20)16-22-13-21-11-18(3)19(4)12-23(21)28-26(22)34/h6-8,11-14,17,24H,9-10,15-16H2,1-5H3,(H,28,34). The fourth-order valence-corrected chi connectivity index (χ4v) is 4.48. The van der Waals surface area contributed by atoms with Crippen LogP contribution in [0.5, 0.6) is 0 Å². The maximum absolute atomic E-state index is 13.1. The number of H-pyrrole nitrogens is 1. The number of aryl methyl sites for hydroxylation is 2. The number of nitrogens with one attached hydrogen (secondary N) is 1. The average Bonchev–Trinajstić information content (AvgIpc) is 3.28. The van der Waals surface area contributed by atoms with Crippen molar-refractivity contribution in [2.45, 2.75) is 53.4 Å². The van der Waals surface area contributed by atoms with Crippen LogP contribution >= 0.6 is 0 Å². The molecule has 3 heterocycles. The third-order valence-electron chi connectivity index (χ3n) is 6.37. The molecule has 0 aliphatic carbocycles. The van der Waals surface area contributed by atoms with Crippen LogP contribution < -0.4 is 5.56 Å². The predicted molar refractivity (Wildman–Crippen MR) is 135 cm³/mol. The summed E-state index contributed by atoms with van der Waals surface area (Å²) in [6, 6.07) is 10.0. The highest BCUT2D eigenvalue weighted by Gasteiger charge is 2.30. The molecule has 0 amide bonds. The van der Waals surface area contributed by atoms with Gasteiger partial charge in [0, 0.05) is 43.7 Å². The van der Waals surface area contributed by atoms with Crippen molar-refractivity contribution in [2.75, 3.05) is 13.7 Å². The Morgan fingerprint density at radius 2 is 1.94 bits per heavy atom. The number of aromatic nitrogens is 6. The van der Waals surface area contributed by atoms with Gasteiger partial charge in [-0.05, 0) is 76.5 Å². The second-order valence-corrected chi connectivity index (χ2v) is 9.36. The third-order valence-corrected chi connectivity index (χ3v) is 6.37. The number of aromatic amines is 1. The summed E-state index contributed by atoms with van der Waals surface area (Å²) >= 11 is 0. The number of hydrogen-bond acceptors (Lipinski definition) is 7. The molecule has 0 radical (unpaired) electrons. The minimum atomic E-state index is -0.128. The second-order valence-electron chi connectivity index (χ2n) is 9.36. The second kappa shape index (κ2) is 10.9. The lowest BCUT2D eigenvalue weighted by molar-refractivity contribution is 0.121. The first-order valence-corrected chi connectivity index (χ1v) is 11.9. The molecule has 184 valence electrons. The molecule has 4 rings (SSSR count). The number of tetrazole rings is 1. The van der Waals surface area contributed by atoms with Gasteiger partial charge in [-0.15, -0.1) is 5.10 Å². The maximum Gasteiger partial charge on any atom is 0.252 e. The first-order chi connectivity index (χ1) is 16.9. The zero-order valence-electron chi connectivity index (χ0n) is 21.0. The summed E-state index contributed by atoms with van der Waals surface area (Å²) in [5, 5.41) is 13.6. The largest absolute Gasteiger partial charge is 0.383 e. The van der Waals surface area contributed by atoms with E-state index in [1.54, 1.807) is 18.0 Å². The van der Waals surface area contributed by atoms with E-state index in [4.69, 9.17) is 4.74 Å². The average molecular weight is 476 g/mol. The van der Waals surface area contributed by atoms with E-state index in [0.29, 0.717) is 31.8 Å². The van der Waals surface area contributed by atoms with Crippen LogP contribution in [-0.2, 0) is 24.4 Å². The summed E-state index contributed by atoms with van der Waals surface area (Å²) in [6.07, 6.45) is 3.62. The molecule has 0 bridgehead atoms. The lowest BCUT2D eigenvalue weighted by Gasteiger charge is -2.33. The lowest BCUT2D eigenvalue weighted by Crippen LogP contribution is -2.35. The van der Waals surface area contributed by atoms with Crippen molar-refractivity contribution in [1.29, 1.82) is 0 Å². The van der Waals surface area contributed by atoms with E-state index >= 15 is 0 Å². The van der Waals surface area contributed by atoms with Crippen LogP contribution in [0.15, 0.2) is 47.5 Å². The van der Waals surface area contributed by atoms with Gasteiger partial charge in [-0.2, -0.15) is 0 Å². The first kappa shape index (κ1) is 24.7. The van der Waals surface area contributed by atoms with Crippen molar-refractivity contribution in [2.24, 2.45) is 5.92 Å². The number of benzene rings is 1. The van der Waals surface area contributed by atoms with E-state index in [-0.39, 0.29) is 17.5 Å². The van der Waals surface area contributed by atoms with Crippen LogP contribution in [0.25, 0.3) is 10.9 Å². The Labute approximate surface area is 205 Å². The van der Waals surface area contributed by atoms with Gasteiger partial charge in [0.15, 0.2) is 5.82 Å².